The summed E-state index contributed by atoms with van der Waals surface area (Å²) in [6.45, 7) is 1.91. The van der Waals surface area contributed by atoms with Gasteiger partial charge in [0, 0.05) is 20.3 Å². The normalized spacial score (nSPS) is 10.5. The summed E-state index contributed by atoms with van der Waals surface area (Å²) in [6, 6.07) is 2.48. The molecule has 0 aliphatic rings. The van der Waals surface area contributed by atoms with Gasteiger partial charge in [-0.1, -0.05) is 0 Å². The quantitative estimate of drug-likeness (QED) is 0.560. The fourth-order valence-corrected chi connectivity index (χ4v) is 1.60. The van der Waals surface area contributed by atoms with E-state index in [-0.39, 0.29) is 5.69 Å². The van der Waals surface area contributed by atoms with Gasteiger partial charge in [0.1, 0.15) is 0 Å². The molecule has 0 saturated carbocycles. The zero-order valence-corrected chi connectivity index (χ0v) is 12.1. The number of rotatable bonds is 9. The maximum Gasteiger partial charge on any atom is 0.340 e. The van der Waals surface area contributed by atoms with E-state index in [1.807, 2.05) is 0 Å². The van der Waals surface area contributed by atoms with Crippen LogP contribution in [-0.4, -0.2) is 46.6 Å². The van der Waals surface area contributed by atoms with Gasteiger partial charge in [-0.25, -0.2) is 13.6 Å². The lowest BCUT2D eigenvalue weighted by atomic mass is 10.2. The Labute approximate surface area is 122 Å². The van der Waals surface area contributed by atoms with E-state index in [9.17, 15) is 13.6 Å². The number of hydrogen-bond acceptors (Lipinski definition) is 5. The van der Waals surface area contributed by atoms with Crippen molar-refractivity contribution in [1.82, 2.24) is 0 Å². The van der Waals surface area contributed by atoms with E-state index in [0.29, 0.717) is 32.8 Å². The van der Waals surface area contributed by atoms with Crippen molar-refractivity contribution in [2.45, 2.75) is 6.42 Å². The number of carbonyl (C=O) groups excluding carboxylic acids is 1. The first-order valence-corrected chi connectivity index (χ1v) is 6.48. The van der Waals surface area contributed by atoms with E-state index >= 15 is 0 Å². The van der Waals surface area contributed by atoms with E-state index in [0.717, 1.165) is 7.11 Å². The predicted octanol–water partition coefficient (Wildman–Crippen LogP) is 2.22. The van der Waals surface area contributed by atoms with Gasteiger partial charge in [0.15, 0.2) is 11.6 Å². The highest BCUT2D eigenvalue weighted by atomic mass is 19.2. The highest BCUT2D eigenvalue weighted by molar-refractivity contribution is 5.90. The van der Waals surface area contributed by atoms with Crippen molar-refractivity contribution < 1.29 is 27.8 Å². The van der Waals surface area contributed by atoms with E-state index in [1.165, 1.54) is 12.1 Å². The number of halogens is 2. The molecule has 5 nitrogen and oxygen atoms in total. The summed E-state index contributed by atoms with van der Waals surface area (Å²) in [7, 11) is 2.69. The van der Waals surface area contributed by atoms with Crippen molar-refractivity contribution in [3.8, 4) is 0 Å². The van der Waals surface area contributed by atoms with Crippen LogP contribution in [-0.2, 0) is 14.2 Å². The van der Waals surface area contributed by atoms with Crippen LogP contribution in [0.1, 0.15) is 16.8 Å². The zero-order chi connectivity index (χ0) is 15.7. The number of anilines is 1. The first-order chi connectivity index (χ1) is 10.1. The molecule has 118 valence electrons. The summed E-state index contributed by atoms with van der Waals surface area (Å²) in [5.74, 6) is -3.23. The molecule has 0 aromatic heterocycles. The van der Waals surface area contributed by atoms with Crippen molar-refractivity contribution >= 4 is 11.7 Å². The molecular weight excluding hydrogens is 284 g/mol. The molecule has 0 saturated heterocycles. The fourth-order valence-electron chi connectivity index (χ4n) is 1.60. The highest BCUT2D eigenvalue weighted by Crippen LogP contribution is 2.21. The lowest BCUT2D eigenvalue weighted by Gasteiger charge is -2.10. The zero-order valence-electron chi connectivity index (χ0n) is 12.1. The van der Waals surface area contributed by atoms with Crippen molar-refractivity contribution in [1.29, 1.82) is 0 Å². The van der Waals surface area contributed by atoms with Crippen molar-refractivity contribution in [3.63, 3.8) is 0 Å². The molecule has 0 atom stereocenters. The molecule has 0 spiro atoms. The second kappa shape index (κ2) is 9.25. The summed E-state index contributed by atoms with van der Waals surface area (Å²) in [5, 5.41) is 2.75. The number of carbonyl (C=O) groups is 1. The van der Waals surface area contributed by atoms with Crippen molar-refractivity contribution in [2.24, 2.45) is 0 Å². The maximum absolute atomic E-state index is 13.7. The Morgan fingerprint density at radius 1 is 1.14 bits per heavy atom. The molecule has 1 rings (SSSR count). The standard InChI is InChI=1S/C14H19F2NO4/c1-19-8-9-21-7-3-6-17-11-5-4-10(14(18)20-2)12(15)13(11)16/h4-5,17H,3,6-9H2,1-2H3. The molecule has 1 aromatic carbocycles. The monoisotopic (exact) mass is 303 g/mol. The van der Waals surface area contributed by atoms with Crippen LogP contribution in [0.5, 0.6) is 0 Å². The van der Waals surface area contributed by atoms with Gasteiger partial charge in [-0.15, -0.1) is 0 Å². The Balaban J connectivity index is 2.46. The van der Waals surface area contributed by atoms with E-state index in [4.69, 9.17) is 9.47 Å². The van der Waals surface area contributed by atoms with Crippen LogP contribution in [0, 0.1) is 11.6 Å². The largest absolute Gasteiger partial charge is 0.465 e. The number of hydrogen-bond donors (Lipinski definition) is 1. The molecule has 0 aliphatic heterocycles. The molecule has 7 heteroatoms. The van der Waals surface area contributed by atoms with E-state index in [1.54, 1.807) is 7.11 Å². The van der Waals surface area contributed by atoms with Crippen LogP contribution in [0.4, 0.5) is 14.5 Å². The van der Waals surface area contributed by atoms with Crippen LogP contribution in [0.3, 0.4) is 0 Å². The van der Waals surface area contributed by atoms with Crippen molar-refractivity contribution in [2.75, 3.05) is 45.9 Å². The lowest BCUT2D eigenvalue weighted by molar-refractivity contribution is 0.0594. The van der Waals surface area contributed by atoms with Gasteiger partial charge < -0.3 is 19.5 Å². The third-order valence-corrected chi connectivity index (χ3v) is 2.70. The molecule has 1 N–H and O–H groups in total. The van der Waals surface area contributed by atoms with Crippen LogP contribution in [0.2, 0.25) is 0 Å². The van der Waals surface area contributed by atoms with Crippen LogP contribution < -0.4 is 5.32 Å². The Bertz CT molecular complexity index is 469. The van der Waals surface area contributed by atoms with Gasteiger partial charge >= 0.3 is 5.97 Å². The summed E-state index contributed by atoms with van der Waals surface area (Å²) in [5.41, 5.74) is -0.430. The molecule has 1 aromatic rings. The third-order valence-electron chi connectivity index (χ3n) is 2.70. The second-order valence-corrected chi connectivity index (χ2v) is 4.17. The molecule has 0 unspecified atom stereocenters. The minimum atomic E-state index is -1.22. The van der Waals surface area contributed by atoms with Crippen molar-refractivity contribution in [3.05, 3.63) is 29.3 Å². The van der Waals surface area contributed by atoms with E-state index in [2.05, 4.69) is 10.1 Å². The predicted molar refractivity (Wildman–Crippen MR) is 73.5 cm³/mol. The molecule has 21 heavy (non-hydrogen) atoms. The molecule has 0 fully saturated rings. The summed E-state index contributed by atoms with van der Waals surface area (Å²) >= 11 is 0. The molecule has 0 amide bonds. The van der Waals surface area contributed by atoms with E-state index < -0.39 is 23.2 Å². The lowest BCUT2D eigenvalue weighted by Crippen LogP contribution is -2.11. The SMILES string of the molecule is COCCOCCCNc1ccc(C(=O)OC)c(F)c1F. The minimum absolute atomic E-state index is 0.00274. The average Bonchev–Trinajstić information content (AvgIpc) is 2.49. The minimum Gasteiger partial charge on any atom is -0.465 e. The van der Waals surface area contributed by atoms with Gasteiger partial charge in [0.25, 0.3) is 0 Å². The first kappa shape index (κ1) is 17.3. The molecule has 0 heterocycles. The van der Waals surface area contributed by atoms with Crippen LogP contribution >= 0.6 is 0 Å². The Kier molecular flexibility index (Phi) is 7.63. The Hall–Kier alpha value is -1.73. The number of ether oxygens (including phenoxy) is 3. The van der Waals surface area contributed by atoms with Gasteiger partial charge in [-0.2, -0.15) is 0 Å². The van der Waals surface area contributed by atoms with Gasteiger partial charge in [0.05, 0.1) is 31.6 Å². The average molecular weight is 303 g/mol. The summed E-state index contributed by atoms with van der Waals surface area (Å²) < 4.78 is 41.8. The van der Waals surface area contributed by atoms with Gasteiger partial charge in [0.2, 0.25) is 0 Å². The smallest absolute Gasteiger partial charge is 0.340 e. The maximum atomic E-state index is 13.7. The second-order valence-electron chi connectivity index (χ2n) is 4.17. The summed E-state index contributed by atoms with van der Waals surface area (Å²) in [6.07, 6.45) is 0.628. The molecule has 0 radical (unpaired) electrons. The van der Waals surface area contributed by atoms with Gasteiger partial charge in [-0.05, 0) is 18.6 Å². The Morgan fingerprint density at radius 3 is 2.57 bits per heavy atom. The topological polar surface area (TPSA) is 56.8 Å². The number of nitrogens with one attached hydrogen (secondary N) is 1. The summed E-state index contributed by atoms with van der Waals surface area (Å²) in [4.78, 5) is 11.2. The van der Waals surface area contributed by atoms with Crippen LogP contribution in [0.25, 0.3) is 0 Å². The number of methoxy groups -OCH3 is 2. The fraction of sp³-hybridized carbons (Fsp3) is 0.500. The number of esters is 1. The highest BCUT2D eigenvalue weighted by Gasteiger charge is 2.18. The number of benzene rings is 1. The first-order valence-electron chi connectivity index (χ1n) is 6.48. The molecule has 0 bridgehead atoms. The van der Waals surface area contributed by atoms with Gasteiger partial charge in [-0.3, -0.25) is 0 Å². The Morgan fingerprint density at radius 2 is 1.90 bits per heavy atom. The molecule has 0 aliphatic carbocycles. The van der Waals surface area contributed by atoms with Crippen LogP contribution in [0.15, 0.2) is 12.1 Å². The molecular formula is C14H19F2NO4. The third kappa shape index (κ3) is 5.28.